The van der Waals surface area contributed by atoms with Crippen LogP contribution < -0.4 is 0 Å². The summed E-state index contributed by atoms with van der Waals surface area (Å²) >= 11 is 0. The van der Waals surface area contributed by atoms with Gasteiger partial charge in [-0.3, -0.25) is 4.79 Å². The molecular formula is C21H31NO10. The quantitative estimate of drug-likeness (QED) is 0.296. The van der Waals surface area contributed by atoms with Crippen molar-refractivity contribution in [2.24, 2.45) is 5.92 Å². The molecule has 0 bridgehead atoms. The Kier molecular flexibility index (Phi) is 7.40. The number of Topliss-reactive ketones (excluding diaryl/α,β-unsaturated/α-hetero) is 1. The minimum Gasteiger partial charge on any atom is -0.459 e. The number of ether oxygens (including phenoxy) is 3. The summed E-state index contributed by atoms with van der Waals surface area (Å²) in [4.78, 5) is 24.9. The van der Waals surface area contributed by atoms with Crippen molar-refractivity contribution >= 4 is 11.8 Å². The Hall–Kier alpha value is -1.86. The number of hydrogen-bond acceptors (Lipinski definition) is 10. The fraction of sp³-hybridized carbons (Fsp3) is 0.714. The largest absolute Gasteiger partial charge is 0.459 e. The van der Waals surface area contributed by atoms with Crippen molar-refractivity contribution in [1.29, 1.82) is 0 Å². The minimum atomic E-state index is -2.16. The molecule has 3 rings (SSSR count). The highest BCUT2D eigenvalue weighted by molar-refractivity contribution is 5.97. The first kappa shape index (κ1) is 24.8. The van der Waals surface area contributed by atoms with Crippen molar-refractivity contribution in [3.63, 3.8) is 0 Å². The first-order valence-electron chi connectivity index (χ1n) is 10.6. The van der Waals surface area contributed by atoms with Crippen LogP contribution in [0.25, 0.3) is 0 Å². The molecule has 1 fully saturated rings. The lowest BCUT2D eigenvalue weighted by molar-refractivity contribution is -0.322. The molecule has 0 aliphatic carbocycles. The van der Waals surface area contributed by atoms with Crippen LogP contribution in [0.15, 0.2) is 12.3 Å². The number of fused-ring (bicyclic) bond motifs is 1. The summed E-state index contributed by atoms with van der Waals surface area (Å²) in [5, 5.41) is 50.5. The van der Waals surface area contributed by atoms with Crippen molar-refractivity contribution in [3.05, 3.63) is 23.5 Å². The van der Waals surface area contributed by atoms with Crippen LogP contribution in [0.2, 0.25) is 0 Å². The van der Waals surface area contributed by atoms with Gasteiger partial charge < -0.3 is 44.3 Å². The lowest BCUT2D eigenvalue weighted by Crippen LogP contribution is -2.62. The van der Waals surface area contributed by atoms with Gasteiger partial charge in [0, 0.05) is 24.7 Å². The number of ketones is 1. The Morgan fingerprint density at radius 1 is 1.25 bits per heavy atom. The summed E-state index contributed by atoms with van der Waals surface area (Å²) in [6.07, 6.45) is -6.77. The maximum absolute atomic E-state index is 12.9. The summed E-state index contributed by atoms with van der Waals surface area (Å²) in [5.41, 5.74) is -1.14. The number of aliphatic hydroxyl groups is 5. The molecule has 0 saturated carbocycles. The lowest BCUT2D eigenvalue weighted by Gasteiger charge is -2.43. The molecule has 7 atom stereocenters. The maximum Gasteiger partial charge on any atom is 0.341 e. The predicted octanol–water partition coefficient (Wildman–Crippen LogP) is -1.29. The van der Waals surface area contributed by atoms with E-state index >= 15 is 0 Å². The molecule has 180 valence electrons. The molecule has 2 aliphatic rings. The fourth-order valence-electron chi connectivity index (χ4n) is 4.12. The van der Waals surface area contributed by atoms with Gasteiger partial charge in [-0.1, -0.05) is 13.8 Å². The van der Waals surface area contributed by atoms with Gasteiger partial charge in [0.25, 0.3) is 0 Å². The van der Waals surface area contributed by atoms with Crippen LogP contribution in [0.1, 0.15) is 43.2 Å². The number of esters is 1. The molecule has 0 radical (unpaired) electrons. The van der Waals surface area contributed by atoms with Crippen molar-refractivity contribution in [1.82, 2.24) is 4.57 Å². The molecule has 2 aliphatic heterocycles. The van der Waals surface area contributed by atoms with E-state index in [9.17, 15) is 35.1 Å². The van der Waals surface area contributed by atoms with Crippen LogP contribution in [-0.4, -0.2) is 90.9 Å². The van der Waals surface area contributed by atoms with Crippen molar-refractivity contribution < 1.29 is 49.3 Å². The number of hydrogen-bond donors (Lipinski definition) is 5. The average molecular weight is 457 g/mol. The van der Waals surface area contributed by atoms with Crippen LogP contribution in [0.4, 0.5) is 0 Å². The van der Waals surface area contributed by atoms with E-state index in [0.29, 0.717) is 24.2 Å². The maximum atomic E-state index is 12.9. The SMILES string of the molecule is CC(C)C(O)(C(=O)OCc1ccn2c1C(=O)CC2)C(C)OC1OC(CO)C(O)C(O)C1O. The Balaban J connectivity index is 1.71. The van der Waals surface area contributed by atoms with E-state index in [2.05, 4.69) is 0 Å². The fourth-order valence-corrected chi connectivity index (χ4v) is 4.12. The molecule has 0 amide bonds. The predicted molar refractivity (Wildman–Crippen MR) is 107 cm³/mol. The molecule has 3 heterocycles. The summed E-state index contributed by atoms with van der Waals surface area (Å²) in [5.74, 6) is -1.72. The highest BCUT2D eigenvalue weighted by atomic mass is 16.7. The van der Waals surface area contributed by atoms with Crippen molar-refractivity contribution in [3.8, 4) is 0 Å². The van der Waals surface area contributed by atoms with Gasteiger partial charge in [0.15, 0.2) is 17.7 Å². The number of rotatable bonds is 8. The lowest BCUT2D eigenvalue weighted by atomic mass is 9.85. The first-order valence-corrected chi connectivity index (χ1v) is 10.6. The molecule has 0 spiro atoms. The van der Waals surface area contributed by atoms with Gasteiger partial charge in [-0.2, -0.15) is 0 Å². The van der Waals surface area contributed by atoms with Crippen LogP contribution in [0.3, 0.4) is 0 Å². The molecule has 11 nitrogen and oxygen atoms in total. The van der Waals surface area contributed by atoms with E-state index < -0.39 is 60.9 Å². The van der Waals surface area contributed by atoms with Crippen LogP contribution in [-0.2, 0) is 32.2 Å². The van der Waals surface area contributed by atoms with Gasteiger partial charge in [-0.15, -0.1) is 0 Å². The van der Waals surface area contributed by atoms with Gasteiger partial charge >= 0.3 is 5.97 Å². The Morgan fingerprint density at radius 2 is 1.94 bits per heavy atom. The third-order valence-corrected chi connectivity index (χ3v) is 6.26. The Bertz CT molecular complexity index is 837. The van der Waals surface area contributed by atoms with Crippen molar-refractivity contribution in [2.45, 2.75) is 82.8 Å². The number of aliphatic hydroxyl groups excluding tert-OH is 4. The molecule has 1 aromatic rings. The van der Waals surface area contributed by atoms with Gasteiger partial charge in [0.2, 0.25) is 0 Å². The van der Waals surface area contributed by atoms with Crippen molar-refractivity contribution in [2.75, 3.05) is 6.61 Å². The molecule has 1 saturated heterocycles. The smallest absolute Gasteiger partial charge is 0.341 e. The summed E-state index contributed by atoms with van der Waals surface area (Å²) in [6, 6.07) is 1.68. The second-order valence-electron chi connectivity index (χ2n) is 8.59. The molecule has 5 N–H and O–H groups in total. The van der Waals surface area contributed by atoms with Crippen LogP contribution in [0.5, 0.6) is 0 Å². The Labute approximate surface area is 185 Å². The second kappa shape index (κ2) is 9.56. The minimum absolute atomic E-state index is 0.0421. The normalized spacial score (nSPS) is 30.8. The van der Waals surface area contributed by atoms with Crippen LogP contribution >= 0.6 is 0 Å². The monoisotopic (exact) mass is 457 g/mol. The zero-order valence-electron chi connectivity index (χ0n) is 18.2. The first-order chi connectivity index (χ1) is 15.0. The average Bonchev–Trinajstić information content (AvgIpc) is 3.34. The molecule has 32 heavy (non-hydrogen) atoms. The molecule has 7 unspecified atom stereocenters. The molecule has 11 heteroatoms. The number of aryl methyl sites for hydroxylation is 1. The van der Waals surface area contributed by atoms with Gasteiger partial charge in [-0.05, 0) is 18.9 Å². The zero-order valence-corrected chi connectivity index (χ0v) is 18.2. The Morgan fingerprint density at radius 3 is 2.56 bits per heavy atom. The summed E-state index contributed by atoms with van der Waals surface area (Å²) < 4.78 is 18.0. The second-order valence-corrected chi connectivity index (χ2v) is 8.59. The molecular weight excluding hydrogens is 426 g/mol. The number of carbonyl (C=O) groups excluding carboxylic acids is 2. The van der Waals surface area contributed by atoms with Gasteiger partial charge in [0.05, 0.1) is 18.4 Å². The van der Waals surface area contributed by atoms with Gasteiger partial charge in [0.1, 0.15) is 31.0 Å². The summed E-state index contributed by atoms with van der Waals surface area (Å²) in [6.45, 7) is 4.25. The molecule has 1 aromatic heterocycles. The number of carbonyl (C=O) groups is 2. The van der Waals surface area contributed by atoms with E-state index in [0.717, 1.165) is 0 Å². The summed E-state index contributed by atoms with van der Waals surface area (Å²) in [7, 11) is 0. The van der Waals surface area contributed by atoms with E-state index in [1.807, 2.05) is 0 Å². The van der Waals surface area contributed by atoms with Crippen LogP contribution in [0, 0.1) is 5.92 Å². The number of nitrogens with zero attached hydrogens (tertiary/aromatic N) is 1. The zero-order chi connectivity index (χ0) is 23.8. The highest BCUT2D eigenvalue weighted by Gasteiger charge is 2.51. The van der Waals surface area contributed by atoms with E-state index in [4.69, 9.17) is 14.2 Å². The number of aromatic nitrogens is 1. The third-order valence-electron chi connectivity index (χ3n) is 6.26. The van der Waals surface area contributed by atoms with Gasteiger partial charge in [-0.25, -0.2) is 4.79 Å². The standard InChI is InChI=1S/C21H31NO10/c1-10(2)21(29,11(3)31-19-18(27)17(26)16(25)14(8-23)32-19)20(28)30-9-12-4-6-22-7-5-13(24)15(12)22/h4,6,10-11,14,16-19,23,25-27,29H,5,7-9H2,1-3H3. The highest BCUT2D eigenvalue weighted by Crippen LogP contribution is 2.31. The molecule has 0 aromatic carbocycles. The van der Waals surface area contributed by atoms with E-state index in [1.165, 1.54) is 6.92 Å². The topological polar surface area (TPSA) is 168 Å². The third kappa shape index (κ3) is 4.34. The van der Waals surface area contributed by atoms with E-state index in [1.54, 1.807) is 30.7 Å². The van der Waals surface area contributed by atoms with E-state index in [-0.39, 0.29) is 12.4 Å².